The van der Waals surface area contributed by atoms with Crippen LogP contribution in [0.2, 0.25) is 5.02 Å². The first kappa shape index (κ1) is 37.0. The Morgan fingerprint density at radius 3 is 2.70 bits per heavy atom. The van der Waals surface area contributed by atoms with E-state index in [0.717, 1.165) is 5.56 Å². The summed E-state index contributed by atoms with van der Waals surface area (Å²) in [6.07, 6.45) is 7.05. The van der Waals surface area contributed by atoms with Crippen molar-refractivity contribution >= 4 is 40.6 Å². The minimum atomic E-state index is -1.38. The summed E-state index contributed by atoms with van der Waals surface area (Å²) < 4.78 is 16.7. The maximum Gasteiger partial charge on any atom is 0.271 e. The van der Waals surface area contributed by atoms with Crippen LogP contribution in [-0.4, -0.2) is 85.5 Å². The molecule has 5 N–H and O–H groups in total. The third-order valence-corrected chi connectivity index (χ3v) is 9.60. The average molecular weight is 724 g/mol. The highest BCUT2D eigenvalue weighted by Crippen LogP contribution is 2.43. The molecule has 14 heteroatoms. The monoisotopic (exact) mass is 722 g/mol. The van der Waals surface area contributed by atoms with Gasteiger partial charge in [0.25, 0.3) is 5.91 Å². The predicted octanol–water partition coefficient (Wildman–Crippen LogP) is 3.30. The molecule has 50 heavy (non-hydrogen) atoms. The van der Waals surface area contributed by atoms with Crippen molar-refractivity contribution in [2.75, 3.05) is 41.0 Å². The Morgan fingerprint density at radius 1 is 1.16 bits per heavy atom. The van der Waals surface area contributed by atoms with Crippen LogP contribution in [0.15, 0.2) is 72.6 Å². The van der Waals surface area contributed by atoms with Crippen molar-refractivity contribution in [2.45, 2.75) is 42.6 Å². The maximum absolute atomic E-state index is 14.1. The molecular weight excluding hydrogens is 683 g/mol. The number of ether oxygens (including phenoxy) is 3. The fraction of sp³-hybridized carbons (Fsp3) is 0.361. The smallest absolute Gasteiger partial charge is 0.271 e. The Hall–Kier alpha value is -4.26. The van der Waals surface area contributed by atoms with Crippen LogP contribution in [0.5, 0.6) is 11.6 Å². The first-order valence-electron chi connectivity index (χ1n) is 16.0. The number of halogens is 2. The number of benzene rings is 1. The zero-order valence-corrected chi connectivity index (χ0v) is 29.5. The van der Waals surface area contributed by atoms with Crippen LogP contribution in [0.1, 0.15) is 39.3 Å². The number of carbonyl (C=O) groups is 1. The van der Waals surface area contributed by atoms with E-state index in [1.54, 1.807) is 37.5 Å². The number of aliphatic hydroxyl groups excluding tert-OH is 1. The number of alkyl halides is 1. The third kappa shape index (κ3) is 8.20. The van der Waals surface area contributed by atoms with E-state index in [2.05, 4.69) is 26.3 Å². The molecule has 1 aliphatic heterocycles. The summed E-state index contributed by atoms with van der Waals surface area (Å²) in [5.74, 6) is 2.07. The van der Waals surface area contributed by atoms with Crippen LogP contribution in [0.4, 0.5) is 0 Å². The molecule has 0 spiro atoms. The van der Waals surface area contributed by atoms with Gasteiger partial charge in [0.05, 0.1) is 38.0 Å². The molecule has 1 saturated heterocycles. The van der Waals surface area contributed by atoms with Gasteiger partial charge in [0, 0.05) is 67.7 Å². The second-order valence-electron chi connectivity index (χ2n) is 11.7. The van der Waals surface area contributed by atoms with E-state index in [9.17, 15) is 14.7 Å². The van der Waals surface area contributed by atoms with E-state index < -0.39 is 22.9 Å². The van der Waals surface area contributed by atoms with Crippen molar-refractivity contribution in [3.8, 4) is 11.6 Å². The Balaban J connectivity index is 1.47. The molecule has 1 aromatic carbocycles. The third-order valence-electron chi connectivity index (χ3n) is 8.69. The van der Waals surface area contributed by atoms with Crippen LogP contribution in [0, 0.1) is 0 Å². The number of carbonyl (C=O) groups excluding carboxylic acids is 2. The number of nitrogens with one attached hydrogen (secondary N) is 4. The molecule has 0 bridgehead atoms. The number of hydrogen-bond donors (Lipinski definition) is 5. The van der Waals surface area contributed by atoms with Crippen LogP contribution >= 0.6 is 23.2 Å². The average Bonchev–Trinajstić information content (AvgIpc) is 3.14. The molecule has 2 aliphatic rings. The Bertz CT molecular complexity index is 1800. The number of nitrogens with zero attached hydrogens (tertiary/aromatic N) is 2. The van der Waals surface area contributed by atoms with E-state index >= 15 is 0 Å². The van der Waals surface area contributed by atoms with Crippen molar-refractivity contribution in [3.63, 3.8) is 0 Å². The van der Waals surface area contributed by atoms with E-state index in [1.165, 1.54) is 14.2 Å². The standard InChI is InChI=1S/C36H40Cl2N6O6/c1-39-24(20-45)19-40-16-23-18-42-29(15-31(23)48-2)34(47)44-36(13-6-8-26(33(36)38)25-7-4-5-9-27(25)37)32-11-10-22(35(43-32)49-3)17-41-28-12-14-50-21-30(28)46/h4-11,13,15,18,28,30,33,39-41,46H,12,14,16-17,19,21H2,1-3H3,(H,44,47)/t28-,30-,33?,36?/m1/s1. The van der Waals surface area contributed by atoms with Gasteiger partial charge >= 0.3 is 0 Å². The topological polar surface area (TPSA) is 156 Å². The van der Waals surface area contributed by atoms with E-state index in [-0.39, 0.29) is 24.9 Å². The van der Waals surface area contributed by atoms with Gasteiger partial charge in [-0.15, -0.1) is 11.6 Å². The van der Waals surface area contributed by atoms with Gasteiger partial charge in [0.1, 0.15) is 28.6 Å². The molecule has 0 saturated carbocycles. The fourth-order valence-corrected chi connectivity index (χ4v) is 6.57. The Kier molecular flexibility index (Phi) is 12.7. The maximum atomic E-state index is 14.1. The molecule has 1 amide bonds. The van der Waals surface area contributed by atoms with Crippen LogP contribution in [-0.2, 0) is 28.2 Å². The summed E-state index contributed by atoms with van der Waals surface area (Å²) in [5, 5.41) is 22.4. The zero-order valence-electron chi connectivity index (χ0n) is 28.0. The molecule has 264 valence electrons. The highest BCUT2D eigenvalue weighted by molar-refractivity contribution is 6.34. The number of amides is 1. The highest BCUT2D eigenvalue weighted by atomic mass is 35.5. The molecule has 5 rings (SSSR count). The number of pyridine rings is 2. The summed E-state index contributed by atoms with van der Waals surface area (Å²) in [5.41, 5.74) is 2.32. The second kappa shape index (κ2) is 17.1. The first-order chi connectivity index (χ1) is 24.2. The van der Waals surface area contributed by atoms with Gasteiger partial charge in [0.2, 0.25) is 5.88 Å². The Labute approximate surface area is 300 Å². The first-order valence-corrected chi connectivity index (χ1v) is 16.9. The normalized spacial score (nSPS) is 21.5. The zero-order chi connectivity index (χ0) is 35.7. The van der Waals surface area contributed by atoms with Crippen molar-refractivity contribution in [1.82, 2.24) is 31.2 Å². The molecule has 12 nitrogen and oxygen atoms in total. The van der Waals surface area contributed by atoms with Gasteiger partial charge in [-0.05, 0) is 29.7 Å². The van der Waals surface area contributed by atoms with Crippen LogP contribution < -0.4 is 30.7 Å². The number of hydrogen-bond acceptors (Lipinski definition) is 11. The number of likely N-dealkylation sites (N-methyl/N-ethyl adjacent to an activating group) is 1. The summed E-state index contributed by atoms with van der Waals surface area (Å²) in [4.78, 5) is 34.4. The molecule has 4 atom stereocenters. The summed E-state index contributed by atoms with van der Waals surface area (Å²) in [7, 11) is 4.67. The predicted molar refractivity (Wildman–Crippen MR) is 191 cm³/mol. The van der Waals surface area contributed by atoms with Gasteiger partial charge in [-0.25, -0.2) is 9.78 Å². The molecule has 1 fully saturated rings. The summed E-state index contributed by atoms with van der Waals surface area (Å²) in [6.45, 7) is 1.81. The van der Waals surface area contributed by atoms with E-state index in [1.807, 2.05) is 42.4 Å². The number of aromatic nitrogens is 2. The van der Waals surface area contributed by atoms with E-state index in [0.29, 0.717) is 70.9 Å². The molecular formula is C36H40Cl2N6O6. The molecule has 3 heterocycles. The molecule has 3 aromatic rings. The lowest BCUT2D eigenvalue weighted by atomic mass is 9.80. The fourth-order valence-electron chi connectivity index (χ4n) is 5.90. The SMILES string of the molecule is CNC(=C=O)CNCc1cnc(C(=O)NC2(c3ccc(CN[C@@H]4CCOC[C@H]4O)c(OC)n3)C=CC=C(c3ccccc3Cl)C2Cl)cc1OC. The van der Waals surface area contributed by atoms with Gasteiger partial charge in [-0.1, -0.05) is 54.1 Å². The van der Waals surface area contributed by atoms with Gasteiger partial charge in [0.15, 0.2) is 0 Å². The summed E-state index contributed by atoms with van der Waals surface area (Å²) in [6, 6.07) is 12.4. The van der Waals surface area contributed by atoms with Crippen molar-refractivity contribution < 1.29 is 28.9 Å². The van der Waals surface area contributed by atoms with Gasteiger partial charge in [-0.2, -0.15) is 0 Å². The summed E-state index contributed by atoms with van der Waals surface area (Å²) >= 11 is 14.0. The second-order valence-corrected chi connectivity index (χ2v) is 12.6. The van der Waals surface area contributed by atoms with Crippen LogP contribution in [0.3, 0.4) is 0 Å². The van der Waals surface area contributed by atoms with Crippen molar-refractivity contribution in [2.24, 2.45) is 0 Å². The van der Waals surface area contributed by atoms with Gasteiger partial charge < -0.3 is 40.6 Å². The number of aliphatic hydroxyl groups is 1. The molecule has 0 radical (unpaired) electrons. The van der Waals surface area contributed by atoms with Crippen LogP contribution in [0.25, 0.3) is 5.57 Å². The quantitative estimate of drug-likeness (QED) is 0.123. The number of methoxy groups -OCH3 is 2. The molecule has 2 unspecified atom stereocenters. The molecule has 1 aliphatic carbocycles. The minimum Gasteiger partial charge on any atom is -0.496 e. The lowest BCUT2D eigenvalue weighted by Gasteiger charge is -2.39. The van der Waals surface area contributed by atoms with E-state index in [4.69, 9.17) is 42.4 Å². The number of rotatable bonds is 14. The minimum absolute atomic E-state index is 0.0857. The largest absolute Gasteiger partial charge is 0.496 e. The lowest BCUT2D eigenvalue weighted by Crippen LogP contribution is -2.52. The molecule has 2 aromatic heterocycles. The highest BCUT2D eigenvalue weighted by Gasteiger charge is 2.45. The van der Waals surface area contributed by atoms with Gasteiger partial charge in [-0.3, -0.25) is 9.78 Å². The Morgan fingerprint density at radius 2 is 1.98 bits per heavy atom. The van der Waals surface area contributed by atoms with Crippen molar-refractivity contribution in [1.29, 1.82) is 0 Å². The number of allylic oxidation sites excluding steroid dienone is 2. The van der Waals surface area contributed by atoms with Crippen molar-refractivity contribution in [3.05, 3.63) is 106 Å². The lowest BCUT2D eigenvalue weighted by molar-refractivity contribution is -0.0281.